The predicted molar refractivity (Wildman–Crippen MR) is 110 cm³/mol. The Kier molecular flexibility index (Phi) is 6.34. The molecule has 0 radical (unpaired) electrons. The molecule has 0 aromatic heterocycles. The summed E-state index contributed by atoms with van der Waals surface area (Å²) in [6.45, 7) is 0. The molecule has 1 N–H and O–H groups in total. The summed E-state index contributed by atoms with van der Waals surface area (Å²) in [5, 5.41) is 3.18. The summed E-state index contributed by atoms with van der Waals surface area (Å²) in [6.07, 6.45) is 0. The number of rotatable bonds is 8. The zero-order valence-electron chi connectivity index (χ0n) is 15.3. The Balaban J connectivity index is 1.98. The summed E-state index contributed by atoms with van der Waals surface area (Å²) in [4.78, 5) is 0. The fourth-order valence-corrected chi connectivity index (χ4v) is 4.03. The lowest BCUT2D eigenvalue weighted by atomic mass is 10.3. The van der Waals surface area contributed by atoms with Crippen molar-refractivity contribution in [2.45, 2.75) is 0 Å². The number of ether oxygens (including phenoxy) is 2. The maximum atomic E-state index is 13.6. The molecule has 8 heteroatoms. The molecular weight excluding hydrogens is 401 g/mol. The first-order valence-electron chi connectivity index (χ1n) is 8.32. The Morgan fingerprint density at radius 2 is 1.29 bits per heavy atom. The standard InChI is InChI=1S/C20H19ClNO5P/c1-24-19-14-18(20(25-2)13-17(19)21)22-28(23,26-15-9-5-3-6-10-15)27-16-11-7-4-8-12-16/h3-14H,1-2H3,(H,22,23). The lowest BCUT2D eigenvalue weighted by molar-refractivity contribution is 0.390. The van der Waals surface area contributed by atoms with E-state index in [4.69, 9.17) is 30.1 Å². The van der Waals surface area contributed by atoms with Gasteiger partial charge in [-0.05, 0) is 24.3 Å². The number of halogens is 1. The fraction of sp³-hybridized carbons (Fsp3) is 0.100. The van der Waals surface area contributed by atoms with Gasteiger partial charge in [-0.15, -0.1) is 0 Å². The molecule has 0 saturated heterocycles. The molecule has 3 aromatic carbocycles. The van der Waals surface area contributed by atoms with Crippen molar-refractivity contribution in [2.75, 3.05) is 19.3 Å². The number of para-hydroxylation sites is 2. The van der Waals surface area contributed by atoms with Crippen LogP contribution in [0, 0.1) is 0 Å². The van der Waals surface area contributed by atoms with Gasteiger partial charge in [0.25, 0.3) is 0 Å². The Bertz CT molecular complexity index is 924. The minimum Gasteiger partial charge on any atom is -0.495 e. The predicted octanol–water partition coefficient (Wildman–Crippen LogP) is 6.04. The van der Waals surface area contributed by atoms with Crippen molar-refractivity contribution < 1.29 is 23.1 Å². The van der Waals surface area contributed by atoms with E-state index in [0.29, 0.717) is 33.7 Å². The molecule has 28 heavy (non-hydrogen) atoms. The van der Waals surface area contributed by atoms with Gasteiger partial charge in [0, 0.05) is 12.1 Å². The van der Waals surface area contributed by atoms with E-state index in [1.807, 2.05) is 12.1 Å². The molecule has 6 nitrogen and oxygen atoms in total. The smallest absolute Gasteiger partial charge is 0.495 e. The van der Waals surface area contributed by atoms with Crippen molar-refractivity contribution in [1.29, 1.82) is 0 Å². The maximum Gasteiger partial charge on any atom is 0.541 e. The van der Waals surface area contributed by atoms with Gasteiger partial charge in [-0.1, -0.05) is 48.0 Å². The summed E-state index contributed by atoms with van der Waals surface area (Å²) in [7, 11) is -0.939. The van der Waals surface area contributed by atoms with Gasteiger partial charge < -0.3 is 18.5 Å². The minimum atomic E-state index is -3.90. The first kappa shape index (κ1) is 19.9. The molecule has 0 spiro atoms. The van der Waals surface area contributed by atoms with Gasteiger partial charge in [-0.25, -0.2) is 4.57 Å². The SMILES string of the molecule is COc1cc(NP(=O)(Oc2ccccc2)Oc2ccccc2)c(OC)cc1Cl. The van der Waals surface area contributed by atoms with Crippen LogP contribution in [0.2, 0.25) is 5.02 Å². The Hall–Kier alpha value is -2.82. The Morgan fingerprint density at radius 1 is 0.786 bits per heavy atom. The van der Waals surface area contributed by atoms with Crippen molar-refractivity contribution in [2.24, 2.45) is 0 Å². The largest absolute Gasteiger partial charge is 0.541 e. The molecular formula is C20H19ClNO5P. The van der Waals surface area contributed by atoms with Crippen LogP contribution >= 0.6 is 19.3 Å². The monoisotopic (exact) mass is 419 g/mol. The molecule has 146 valence electrons. The van der Waals surface area contributed by atoms with Crippen LogP contribution in [0.1, 0.15) is 0 Å². The van der Waals surface area contributed by atoms with Crippen LogP contribution < -0.4 is 23.6 Å². The number of anilines is 1. The van der Waals surface area contributed by atoms with Crippen molar-refractivity contribution in [3.63, 3.8) is 0 Å². The van der Waals surface area contributed by atoms with E-state index in [-0.39, 0.29) is 0 Å². The Morgan fingerprint density at radius 3 is 1.75 bits per heavy atom. The van der Waals surface area contributed by atoms with Gasteiger partial charge in [0.1, 0.15) is 23.0 Å². The van der Waals surface area contributed by atoms with Crippen LogP contribution in [0.15, 0.2) is 72.8 Å². The second-order valence-corrected chi connectivity index (χ2v) is 7.60. The summed E-state index contributed by atoms with van der Waals surface area (Å²) in [5.74, 6) is 1.51. The molecule has 0 atom stereocenters. The van der Waals surface area contributed by atoms with Crippen molar-refractivity contribution in [1.82, 2.24) is 0 Å². The van der Waals surface area contributed by atoms with Crippen LogP contribution in [0.4, 0.5) is 5.69 Å². The van der Waals surface area contributed by atoms with E-state index in [2.05, 4.69) is 5.09 Å². The molecule has 3 aromatic rings. The lowest BCUT2D eigenvalue weighted by Gasteiger charge is -2.22. The van der Waals surface area contributed by atoms with E-state index in [0.717, 1.165) is 0 Å². The van der Waals surface area contributed by atoms with E-state index < -0.39 is 7.75 Å². The molecule has 0 aliphatic heterocycles. The third-order valence-corrected chi connectivity index (χ3v) is 5.38. The van der Waals surface area contributed by atoms with Crippen molar-refractivity contribution in [3.05, 3.63) is 77.8 Å². The zero-order chi connectivity index (χ0) is 20.0. The summed E-state index contributed by atoms with van der Waals surface area (Å²) >= 11 is 6.15. The summed E-state index contributed by atoms with van der Waals surface area (Å²) in [6, 6.07) is 20.6. The van der Waals surface area contributed by atoms with Gasteiger partial charge in [0.05, 0.1) is 24.9 Å². The second kappa shape index (κ2) is 8.91. The molecule has 0 saturated carbocycles. The third kappa shape index (κ3) is 4.91. The molecule has 0 amide bonds. The quantitative estimate of drug-likeness (QED) is 0.449. The van der Waals surface area contributed by atoms with E-state index in [1.165, 1.54) is 14.2 Å². The topological polar surface area (TPSA) is 66.0 Å². The van der Waals surface area contributed by atoms with Gasteiger partial charge in [0.2, 0.25) is 0 Å². The highest BCUT2D eigenvalue weighted by Gasteiger charge is 2.31. The minimum absolute atomic E-state index is 0.346. The first-order chi connectivity index (χ1) is 13.5. The molecule has 0 bridgehead atoms. The highest BCUT2D eigenvalue weighted by Crippen LogP contribution is 2.51. The summed E-state index contributed by atoms with van der Waals surface area (Å²) < 4.78 is 35.6. The number of nitrogens with one attached hydrogen (secondary N) is 1. The van der Waals surface area contributed by atoms with E-state index in [9.17, 15) is 4.57 Å². The van der Waals surface area contributed by atoms with Crippen LogP contribution in [0.25, 0.3) is 0 Å². The highest BCUT2D eigenvalue weighted by molar-refractivity contribution is 7.56. The van der Waals surface area contributed by atoms with Crippen LogP contribution in [-0.4, -0.2) is 14.2 Å². The lowest BCUT2D eigenvalue weighted by Crippen LogP contribution is -2.10. The van der Waals surface area contributed by atoms with Crippen LogP contribution in [0.3, 0.4) is 0 Å². The maximum absolute atomic E-state index is 13.6. The average Bonchev–Trinajstić information content (AvgIpc) is 2.70. The fourth-order valence-electron chi connectivity index (χ4n) is 2.40. The molecule has 0 fully saturated rings. The normalized spacial score (nSPS) is 10.8. The first-order valence-corrected chi connectivity index (χ1v) is 10.2. The average molecular weight is 420 g/mol. The van der Waals surface area contributed by atoms with Crippen LogP contribution in [0.5, 0.6) is 23.0 Å². The van der Waals surface area contributed by atoms with Gasteiger partial charge >= 0.3 is 7.75 Å². The van der Waals surface area contributed by atoms with Gasteiger partial charge in [-0.2, -0.15) is 0 Å². The van der Waals surface area contributed by atoms with Crippen LogP contribution in [-0.2, 0) is 4.57 Å². The van der Waals surface area contributed by atoms with Crippen molar-refractivity contribution >= 4 is 25.0 Å². The second-order valence-electron chi connectivity index (χ2n) is 5.60. The number of hydrogen-bond acceptors (Lipinski definition) is 5. The van der Waals surface area contributed by atoms with Gasteiger partial charge in [0.15, 0.2) is 0 Å². The number of benzene rings is 3. The van der Waals surface area contributed by atoms with E-state index >= 15 is 0 Å². The number of hydrogen-bond donors (Lipinski definition) is 1. The highest BCUT2D eigenvalue weighted by atomic mass is 35.5. The molecule has 0 heterocycles. The molecule has 0 aliphatic carbocycles. The zero-order valence-corrected chi connectivity index (χ0v) is 16.9. The molecule has 3 rings (SSSR count). The van der Waals surface area contributed by atoms with Gasteiger partial charge in [-0.3, -0.25) is 5.09 Å². The molecule has 0 aliphatic rings. The number of methoxy groups -OCH3 is 2. The summed E-state index contributed by atoms with van der Waals surface area (Å²) in [5.41, 5.74) is 0.346. The third-order valence-electron chi connectivity index (χ3n) is 3.67. The van der Waals surface area contributed by atoms with Crippen molar-refractivity contribution in [3.8, 4) is 23.0 Å². The van der Waals surface area contributed by atoms with E-state index in [1.54, 1.807) is 60.7 Å². The molecule has 0 unspecified atom stereocenters. The Labute approximate surface area is 168 Å².